The maximum atomic E-state index is 11.4. The number of hydrogen-bond donors (Lipinski definition) is 2. The number of aliphatic carboxylic acids is 1. The number of aliphatic hydroxyl groups is 1. The van der Waals surface area contributed by atoms with Crippen LogP contribution >= 0.6 is 0 Å². The lowest BCUT2D eigenvalue weighted by Crippen LogP contribution is -2.27. The Hall–Kier alpha value is -1.39. The van der Waals surface area contributed by atoms with E-state index in [0.29, 0.717) is 5.56 Å². The van der Waals surface area contributed by atoms with Crippen LogP contribution in [0.2, 0.25) is 0 Å². The summed E-state index contributed by atoms with van der Waals surface area (Å²) in [4.78, 5) is 13.1. The van der Waals surface area contributed by atoms with Gasteiger partial charge in [0.25, 0.3) is 0 Å². The molecular weight excluding hydrogens is 290 g/mol. The molecule has 0 aliphatic rings. The van der Waals surface area contributed by atoms with E-state index in [9.17, 15) is 15.0 Å². The molecule has 2 unspecified atom stereocenters. The first-order valence-electron chi connectivity index (χ1n) is 8.64. The van der Waals surface area contributed by atoms with E-state index in [1.165, 1.54) is 25.7 Å². The van der Waals surface area contributed by atoms with Crippen molar-refractivity contribution in [2.45, 2.75) is 64.0 Å². The third kappa shape index (κ3) is 6.71. The second-order valence-electron chi connectivity index (χ2n) is 6.45. The highest BCUT2D eigenvalue weighted by atomic mass is 16.4. The molecule has 23 heavy (non-hydrogen) atoms. The lowest BCUT2D eigenvalue weighted by molar-refractivity contribution is -0.142. The Morgan fingerprint density at radius 1 is 1.09 bits per heavy atom. The lowest BCUT2D eigenvalue weighted by Gasteiger charge is -2.21. The fourth-order valence-corrected chi connectivity index (χ4v) is 2.88. The standard InChI is InChI=1S/C19H31NO3/c1-4-5-6-7-8-9-13-17(21)15-11-10-12-16(14-15)18(19(22)23)20(2)3/h10-12,14,17-18,21H,4-9,13H2,1-3H3,(H,22,23). The maximum absolute atomic E-state index is 11.4. The number of nitrogens with zero attached hydrogens (tertiary/aromatic N) is 1. The minimum absolute atomic E-state index is 0.516. The normalized spacial score (nSPS) is 14.0. The van der Waals surface area contributed by atoms with E-state index in [2.05, 4.69) is 6.92 Å². The number of carbonyl (C=O) groups is 1. The van der Waals surface area contributed by atoms with E-state index in [0.717, 1.165) is 24.8 Å². The Morgan fingerprint density at radius 2 is 1.70 bits per heavy atom. The number of benzene rings is 1. The molecule has 0 aliphatic heterocycles. The largest absolute Gasteiger partial charge is 0.480 e. The van der Waals surface area contributed by atoms with E-state index in [4.69, 9.17) is 0 Å². The zero-order valence-electron chi connectivity index (χ0n) is 14.7. The Kier molecular flexibility index (Phi) is 8.89. The fourth-order valence-electron chi connectivity index (χ4n) is 2.88. The minimum atomic E-state index is -0.877. The van der Waals surface area contributed by atoms with Gasteiger partial charge in [-0.05, 0) is 31.6 Å². The van der Waals surface area contributed by atoms with Gasteiger partial charge in [0, 0.05) is 0 Å². The number of unbranched alkanes of at least 4 members (excludes halogenated alkanes) is 5. The predicted molar refractivity (Wildman–Crippen MR) is 93.5 cm³/mol. The SMILES string of the molecule is CCCCCCCCC(O)c1cccc(C(C(=O)O)N(C)C)c1. The monoisotopic (exact) mass is 321 g/mol. The maximum Gasteiger partial charge on any atom is 0.325 e. The quantitative estimate of drug-likeness (QED) is 0.601. The molecule has 2 N–H and O–H groups in total. The topological polar surface area (TPSA) is 60.8 Å². The summed E-state index contributed by atoms with van der Waals surface area (Å²) in [5.41, 5.74) is 1.52. The van der Waals surface area contributed by atoms with Gasteiger partial charge in [0.15, 0.2) is 0 Å². The van der Waals surface area contributed by atoms with Gasteiger partial charge in [-0.3, -0.25) is 9.69 Å². The average Bonchev–Trinajstić information content (AvgIpc) is 2.50. The number of carboxylic acids is 1. The van der Waals surface area contributed by atoms with Gasteiger partial charge in [0.1, 0.15) is 6.04 Å². The number of likely N-dealkylation sites (N-methyl/N-ethyl adjacent to an activating group) is 1. The van der Waals surface area contributed by atoms with Crippen LogP contribution < -0.4 is 0 Å². The Morgan fingerprint density at radius 3 is 2.30 bits per heavy atom. The van der Waals surface area contributed by atoms with Crippen molar-refractivity contribution < 1.29 is 15.0 Å². The van der Waals surface area contributed by atoms with Crippen LogP contribution in [0.4, 0.5) is 0 Å². The molecule has 0 bridgehead atoms. The van der Waals surface area contributed by atoms with Crippen LogP contribution in [0.25, 0.3) is 0 Å². The van der Waals surface area contributed by atoms with Crippen LogP contribution in [0.3, 0.4) is 0 Å². The highest BCUT2D eigenvalue weighted by Gasteiger charge is 2.22. The molecule has 0 heterocycles. The van der Waals surface area contributed by atoms with Gasteiger partial charge in [-0.2, -0.15) is 0 Å². The molecule has 0 saturated carbocycles. The van der Waals surface area contributed by atoms with Crippen LogP contribution in [0.15, 0.2) is 24.3 Å². The molecule has 0 fully saturated rings. The Labute approximate surface area is 140 Å². The summed E-state index contributed by atoms with van der Waals surface area (Å²) >= 11 is 0. The molecule has 0 aliphatic carbocycles. The Balaban J connectivity index is 2.59. The van der Waals surface area contributed by atoms with E-state index < -0.39 is 18.1 Å². The zero-order valence-corrected chi connectivity index (χ0v) is 14.7. The first-order chi connectivity index (χ1) is 11.0. The third-order valence-electron chi connectivity index (χ3n) is 4.19. The number of rotatable bonds is 11. The van der Waals surface area contributed by atoms with E-state index in [1.54, 1.807) is 25.1 Å². The molecule has 1 aromatic carbocycles. The third-order valence-corrected chi connectivity index (χ3v) is 4.19. The van der Waals surface area contributed by atoms with Crippen molar-refractivity contribution in [2.75, 3.05) is 14.1 Å². The summed E-state index contributed by atoms with van der Waals surface area (Å²) in [5.74, 6) is -0.877. The van der Waals surface area contributed by atoms with Gasteiger partial charge in [-0.1, -0.05) is 69.7 Å². The summed E-state index contributed by atoms with van der Waals surface area (Å²) in [6.07, 6.45) is 7.38. The van der Waals surface area contributed by atoms with Crippen LogP contribution in [0, 0.1) is 0 Å². The average molecular weight is 321 g/mol. The van der Waals surface area contributed by atoms with Crippen molar-refractivity contribution in [2.24, 2.45) is 0 Å². The fraction of sp³-hybridized carbons (Fsp3) is 0.632. The smallest absolute Gasteiger partial charge is 0.325 e. The lowest BCUT2D eigenvalue weighted by atomic mass is 9.97. The van der Waals surface area contributed by atoms with Crippen LogP contribution in [-0.4, -0.2) is 35.2 Å². The van der Waals surface area contributed by atoms with Crippen molar-refractivity contribution in [3.63, 3.8) is 0 Å². The molecule has 4 heteroatoms. The van der Waals surface area contributed by atoms with E-state index in [1.807, 2.05) is 18.2 Å². The molecule has 0 saturated heterocycles. The van der Waals surface area contributed by atoms with Gasteiger partial charge >= 0.3 is 5.97 Å². The molecule has 1 aromatic rings. The molecule has 0 amide bonds. The van der Waals surface area contributed by atoms with Crippen molar-refractivity contribution in [1.82, 2.24) is 4.90 Å². The zero-order chi connectivity index (χ0) is 17.2. The highest BCUT2D eigenvalue weighted by molar-refractivity contribution is 5.75. The molecule has 130 valence electrons. The van der Waals surface area contributed by atoms with Gasteiger partial charge in [-0.25, -0.2) is 0 Å². The highest BCUT2D eigenvalue weighted by Crippen LogP contribution is 2.25. The van der Waals surface area contributed by atoms with Crippen LogP contribution in [0.5, 0.6) is 0 Å². The molecular formula is C19H31NO3. The predicted octanol–water partition coefficient (Wildman–Crippen LogP) is 4.16. The van der Waals surface area contributed by atoms with Gasteiger partial charge in [-0.15, -0.1) is 0 Å². The summed E-state index contributed by atoms with van der Waals surface area (Å²) < 4.78 is 0. The van der Waals surface area contributed by atoms with Gasteiger partial charge in [0.05, 0.1) is 6.10 Å². The molecule has 0 radical (unpaired) electrons. The number of hydrogen-bond acceptors (Lipinski definition) is 3. The summed E-state index contributed by atoms with van der Waals surface area (Å²) in [6, 6.07) is 6.64. The molecule has 0 aromatic heterocycles. The van der Waals surface area contributed by atoms with Crippen molar-refractivity contribution in [3.8, 4) is 0 Å². The number of aliphatic hydroxyl groups excluding tert-OH is 1. The molecule has 0 spiro atoms. The van der Waals surface area contributed by atoms with E-state index >= 15 is 0 Å². The van der Waals surface area contributed by atoms with Crippen molar-refractivity contribution in [1.29, 1.82) is 0 Å². The van der Waals surface area contributed by atoms with Crippen LogP contribution in [-0.2, 0) is 4.79 Å². The minimum Gasteiger partial charge on any atom is -0.480 e. The second-order valence-corrected chi connectivity index (χ2v) is 6.45. The van der Waals surface area contributed by atoms with Crippen molar-refractivity contribution >= 4 is 5.97 Å². The molecule has 2 atom stereocenters. The summed E-state index contributed by atoms with van der Waals surface area (Å²) in [6.45, 7) is 2.20. The first kappa shape index (κ1) is 19.7. The van der Waals surface area contributed by atoms with E-state index in [-0.39, 0.29) is 0 Å². The molecule has 4 nitrogen and oxygen atoms in total. The Bertz CT molecular complexity index is 473. The summed E-state index contributed by atoms with van der Waals surface area (Å²) in [5, 5.41) is 19.7. The molecule has 1 rings (SSSR count). The number of carboxylic acid groups (broad SMARTS) is 1. The first-order valence-corrected chi connectivity index (χ1v) is 8.64. The van der Waals surface area contributed by atoms with Crippen molar-refractivity contribution in [3.05, 3.63) is 35.4 Å². The summed E-state index contributed by atoms with van der Waals surface area (Å²) in [7, 11) is 3.50. The van der Waals surface area contributed by atoms with Gasteiger partial charge in [0.2, 0.25) is 0 Å². The van der Waals surface area contributed by atoms with Crippen LogP contribution in [0.1, 0.15) is 75.1 Å². The van der Waals surface area contributed by atoms with Gasteiger partial charge < -0.3 is 10.2 Å². The second kappa shape index (κ2) is 10.4.